The third-order valence-electron chi connectivity index (χ3n) is 4.08. The fourth-order valence-corrected chi connectivity index (χ4v) is 2.62. The number of aromatic nitrogens is 1. The van der Waals surface area contributed by atoms with Crippen LogP contribution in [0.1, 0.15) is 27.9 Å². The number of carbonyl (C=O) groups excluding carboxylic acids is 2. The van der Waals surface area contributed by atoms with Gasteiger partial charge in [-0.3, -0.25) is 14.6 Å². The second-order valence-corrected chi connectivity index (χ2v) is 6.01. The number of carbonyl (C=O) groups is 2. The highest BCUT2D eigenvalue weighted by atomic mass is 16.5. The van der Waals surface area contributed by atoms with Crippen molar-refractivity contribution in [3.05, 3.63) is 77.5 Å². The van der Waals surface area contributed by atoms with Crippen LogP contribution in [0.25, 0.3) is 10.9 Å². The summed E-state index contributed by atoms with van der Waals surface area (Å²) in [4.78, 5) is 28.3. The summed E-state index contributed by atoms with van der Waals surface area (Å²) in [6.45, 7) is 2.45. The van der Waals surface area contributed by atoms with E-state index in [0.29, 0.717) is 5.56 Å². The number of pyridine rings is 1. The number of esters is 1. The number of ether oxygens (including phenoxy) is 1. The van der Waals surface area contributed by atoms with Crippen LogP contribution in [0.4, 0.5) is 0 Å². The molecule has 0 atom stereocenters. The van der Waals surface area contributed by atoms with Gasteiger partial charge >= 0.3 is 5.97 Å². The number of aryl methyl sites for hydroxylation is 1. The van der Waals surface area contributed by atoms with Crippen molar-refractivity contribution < 1.29 is 14.3 Å². The molecule has 26 heavy (non-hydrogen) atoms. The first-order chi connectivity index (χ1) is 12.6. The fraction of sp³-hybridized carbons (Fsp3) is 0.190. The molecule has 0 aliphatic rings. The Bertz CT molecular complexity index is 923. The summed E-state index contributed by atoms with van der Waals surface area (Å²) < 4.78 is 5.19. The van der Waals surface area contributed by atoms with E-state index in [0.717, 1.165) is 22.0 Å². The Labute approximate surface area is 152 Å². The lowest BCUT2D eigenvalue weighted by atomic mass is 10.1. The Morgan fingerprint density at radius 1 is 1.08 bits per heavy atom. The SMILES string of the molecule is Cc1ccnc2ccc(C(=O)NCCC(=O)OCc3ccccc3)cc12. The zero-order chi connectivity index (χ0) is 18.4. The van der Waals surface area contributed by atoms with Gasteiger partial charge in [0.15, 0.2) is 0 Å². The third-order valence-corrected chi connectivity index (χ3v) is 4.08. The average molecular weight is 348 g/mol. The van der Waals surface area contributed by atoms with Gasteiger partial charge in [0.05, 0.1) is 11.9 Å². The number of amides is 1. The van der Waals surface area contributed by atoms with E-state index in [4.69, 9.17) is 4.74 Å². The Hall–Kier alpha value is -3.21. The molecule has 3 rings (SSSR count). The minimum atomic E-state index is -0.340. The van der Waals surface area contributed by atoms with Crippen molar-refractivity contribution in [2.45, 2.75) is 20.0 Å². The molecule has 0 radical (unpaired) electrons. The first-order valence-electron chi connectivity index (χ1n) is 8.46. The largest absolute Gasteiger partial charge is 0.461 e. The number of hydrogen-bond donors (Lipinski definition) is 1. The van der Waals surface area contributed by atoms with E-state index in [2.05, 4.69) is 10.3 Å². The summed E-state index contributed by atoms with van der Waals surface area (Å²) in [6, 6.07) is 16.8. The molecule has 0 fully saturated rings. The van der Waals surface area contributed by atoms with Gasteiger partial charge in [0.1, 0.15) is 6.61 Å². The lowest BCUT2D eigenvalue weighted by molar-refractivity contribution is -0.144. The van der Waals surface area contributed by atoms with Gasteiger partial charge in [-0.1, -0.05) is 30.3 Å². The first-order valence-corrected chi connectivity index (χ1v) is 8.46. The van der Waals surface area contributed by atoms with Gasteiger partial charge in [-0.25, -0.2) is 0 Å². The highest BCUT2D eigenvalue weighted by molar-refractivity contribution is 5.98. The van der Waals surface area contributed by atoms with Crippen LogP contribution in [0.3, 0.4) is 0 Å². The first kappa shape index (κ1) is 17.6. The maximum atomic E-state index is 12.3. The second kappa shape index (κ2) is 8.25. The fourth-order valence-electron chi connectivity index (χ4n) is 2.62. The number of nitrogens with one attached hydrogen (secondary N) is 1. The van der Waals surface area contributed by atoms with Crippen LogP contribution < -0.4 is 5.32 Å². The minimum absolute atomic E-state index is 0.132. The summed E-state index contributed by atoms with van der Waals surface area (Å²) in [5.74, 6) is -0.557. The smallest absolute Gasteiger partial charge is 0.307 e. The summed E-state index contributed by atoms with van der Waals surface area (Å²) >= 11 is 0. The van der Waals surface area contributed by atoms with Gasteiger partial charge in [0, 0.05) is 23.7 Å². The van der Waals surface area contributed by atoms with Gasteiger partial charge in [-0.2, -0.15) is 0 Å². The molecule has 3 aromatic rings. The van der Waals surface area contributed by atoms with E-state index in [1.165, 1.54) is 0 Å². The van der Waals surface area contributed by atoms with E-state index in [-0.39, 0.29) is 31.4 Å². The maximum absolute atomic E-state index is 12.3. The molecule has 132 valence electrons. The van der Waals surface area contributed by atoms with Gasteiger partial charge in [0.25, 0.3) is 5.91 Å². The summed E-state index contributed by atoms with van der Waals surface area (Å²) in [5.41, 5.74) is 3.40. The minimum Gasteiger partial charge on any atom is -0.461 e. The van der Waals surface area contributed by atoms with Crippen molar-refractivity contribution >= 4 is 22.8 Å². The number of rotatable bonds is 6. The molecule has 0 aliphatic heterocycles. The number of hydrogen-bond acceptors (Lipinski definition) is 4. The van der Waals surface area contributed by atoms with E-state index < -0.39 is 0 Å². The highest BCUT2D eigenvalue weighted by Gasteiger charge is 2.09. The lowest BCUT2D eigenvalue weighted by Gasteiger charge is -2.08. The molecule has 5 heteroatoms. The van der Waals surface area contributed by atoms with Crippen LogP contribution in [0.15, 0.2) is 60.8 Å². The average Bonchev–Trinajstić information content (AvgIpc) is 2.67. The van der Waals surface area contributed by atoms with Crippen molar-refractivity contribution in [3.8, 4) is 0 Å². The quantitative estimate of drug-likeness (QED) is 0.693. The Morgan fingerprint density at radius 3 is 2.69 bits per heavy atom. The molecular weight excluding hydrogens is 328 g/mol. The molecule has 0 aliphatic carbocycles. The van der Waals surface area contributed by atoms with Crippen molar-refractivity contribution in [2.24, 2.45) is 0 Å². The summed E-state index contributed by atoms with van der Waals surface area (Å²) in [6.07, 6.45) is 1.88. The third kappa shape index (κ3) is 4.45. The van der Waals surface area contributed by atoms with Crippen molar-refractivity contribution in [3.63, 3.8) is 0 Å². The normalized spacial score (nSPS) is 10.5. The number of benzene rings is 2. The topological polar surface area (TPSA) is 68.3 Å². The molecule has 0 spiro atoms. The van der Waals surface area contributed by atoms with Gasteiger partial charge < -0.3 is 10.1 Å². The molecule has 2 aromatic carbocycles. The number of nitrogens with zero attached hydrogens (tertiary/aromatic N) is 1. The van der Waals surface area contributed by atoms with Crippen LogP contribution in [0, 0.1) is 6.92 Å². The maximum Gasteiger partial charge on any atom is 0.307 e. The molecule has 0 bridgehead atoms. The molecule has 1 aromatic heterocycles. The van der Waals surface area contributed by atoms with Crippen molar-refractivity contribution in [2.75, 3.05) is 6.54 Å². The molecule has 1 heterocycles. The molecule has 5 nitrogen and oxygen atoms in total. The molecule has 0 saturated carbocycles. The second-order valence-electron chi connectivity index (χ2n) is 6.01. The Morgan fingerprint density at radius 2 is 1.88 bits per heavy atom. The zero-order valence-electron chi connectivity index (χ0n) is 14.6. The Kier molecular flexibility index (Phi) is 5.59. The van der Waals surface area contributed by atoms with Crippen LogP contribution in [-0.4, -0.2) is 23.4 Å². The predicted molar refractivity (Wildman–Crippen MR) is 99.7 cm³/mol. The highest BCUT2D eigenvalue weighted by Crippen LogP contribution is 2.17. The van der Waals surface area contributed by atoms with Gasteiger partial charge in [-0.05, 0) is 42.3 Å². The monoisotopic (exact) mass is 348 g/mol. The summed E-state index contributed by atoms with van der Waals surface area (Å²) in [7, 11) is 0. The van der Waals surface area contributed by atoms with Gasteiger partial charge in [0.2, 0.25) is 0 Å². The lowest BCUT2D eigenvalue weighted by Crippen LogP contribution is -2.26. The zero-order valence-corrected chi connectivity index (χ0v) is 14.6. The predicted octanol–water partition coefficient (Wildman–Crippen LogP) is 3.41. The van der Waals surface area contributed by atoms with Crippen molar-refractivity contribution in [1.29, 1.82) is 0 Å². The van der Waals surface area contributed by atoms with Gasteiger partial charge in [-0.15, -0.1) is 0 Å². The number of fused-ring (bicyclic) bond motifs is 1. The molecular formula is C21H20N2O3. The van der Waals surface area contributed by atoms with E-state index in [1.807, 2.05) is 55.5 Å². The van der Waals surface area contributed by atoms with Crippen LogP contribution in [-0.2, 0) is 16.1 Å². The van der Waals surface area contributed by atoms with Crippen LogP contribution >= 0.6 is 0 Å². The standard InChI is InChI=1S/C21H20N2O3/c1-15-9-11-22-19-8-7-17(13-18(15)19)21(25)23-12-10-20(24)26-14-16-5-3-2-4-6-16/h2-9,11,13H,10,12,14H2,1H3,(H,23,25). The Balaban J connectivity index is 1.49. The molecule has 0 unspecified atom stereocenters. The summed E-state index contributed by atoms with van der Waals surface area (Å²) in [5, 5.41) is 3.70. The van der Waals surface area contributed by atoms with E-state index in [1.54, 1.807) is 12.3 Å². The van der Waals surface area contributed by atoms with E-state index in [9.17, 15) is 9.59 Å². The van der Waals surface area contributed by atoms with Crippen molar-refractivity contribution in [1.82, 2.24) is 10.3 Å². The van der Waals surface area contributed by atoms with Crippen LogP contribution in [0.2, 0.25) is 0 Å². The molecule has 0 saturated heterocycles. The van der Waals surface area contributed by atoms with Crippen LogP contribution in [0.5, 0.6) is 0 Å². The molecule has 1 amide bonds. The molecule has 1 N–H and O–H groups in total. The van der Waals surface area contributed by atoms with E-state index >= 15 is 0 Å².